The van der Waals surface area contributed by atoms with Crippen LogP contribution in [0.1, 0.15) is 24.0 Å². The smallest absolute Gasteiger partial charge is 0.311 e. The van der Waals surface area contributed by atoms with E-state index in [9.17, 15) is 10.1 Å². The zero-order valence-corrected chi connectivity index (χ0v) is 9.66. The van der Waals surface area contributed by atoms with E-state index in [0.29, 0.717) is 12.3 Å². The largest absolute Gasteiger partial charge is 0.490 e. The number of benzene rings is 1. The highest BCUT2D eigenvalue weighted by molar-refractivity contribution is 5.56. The second kappa shape index (κ2) is 3.43. The van der Waals surface area contributed by atoms with Gasteiger partial charge in [0.05, 0.1) is 12.0 Å². The summed E-state index contributed by atoms with van der Waals surface area (Å²) in [5, 5.41) is 14.3. The van der Waals surface area contributed by atoms with Crippen molar-refractivity contribution in [3.05, 3.63) is 33.4 Å². The van der Waals surface area contributed by atoms with Gasteiger partial charge in [0.25, 0.3) is 0 Å². The first-order valence-corrected chi connectivity index (χ1v) is 5.73. The first kappa shape index (κ1) is 10.5. The average Bonchev–Trinajstić information content (AvgIpc) is 3.09. The standard InChI is InChI=1S/C12H14N2O3/c1-17-11-5-9-8(4-10(11)14(15)16)6-13-7-12(9)2-3-12/h4-5,13H,2-3,6-7H2,1H3. The van der Waals surface area contributed by atoms with Gasteiger partial charge >= 0.3 is 5.69 Å². The summed E-state index contributed by atoms with van der Waals surface area (Å²) in [5.41, 5.74) is 2.56. The minimum atomic E-state index is -0.382. The number of nitrogens with one attached hydrogen (secondary N) is 1. The van der Waals surface area contributed by atoms with Crippen LogP contribution < -0.4 is 10.1 Å². The molecule has 0 saturated heterocycles. The molecule has 0 atom stereocenters. The summed E-state index contributed by atoms with van der Waals surface area (Å²) in [6.07, 6.45) is 2.32. The lowest BCUT2D eigenvalue weighted by molar-refractivity contribution is -0.385. The Morgan fingerprint density at radius 3 is 2.82 bits per heavy atom. The number of hydrogen-bond acceptors (Lipinski definition) is 4. The number of hydrogen-bond donors (Lipinski definition) is 1. The van der Waals surface area contributed by atoms with Gasteiger partial charge < -0.3 is 10.1 Å². The second-order valence-electron chi connectivity index (χ2n) is 4.82. The molecule has 0 aromatic heterocycles. The molecule has 1 fully saturated rings. The molecule has 5 nitrogen and oxygen atoms in total. The van der Waals surface area contributed by atoms with Crippen molar-refractivity contribution in [3.8, 4) is 5.75 Å². The molecule has 1 aromatic carbocycles. The van der Waals surface area contributed by atoms with Crippen LogP contribution in [-0.2, 0) is 12.0 Å². The second-order valence-corrected chi connectivity index (χ2v) is 4.82. The predicted octanol–water partition coefficient (Wildman–Crippen LogP) is 1.74. The maximum Gasteiger partial charge on any atom is 0.311 e. The fourth-order valence-corrected chi connectivity index (χ4v) is 2.69. The minimum Gasteiger partial charge on any atom is -0.490 e. The minimum absolute atomic E-state index is 0.0609. The third-order valence-electron chi connectivity index (χ3n) is 3.81. The molecule has 2 aliphatic rings. The van der Waals surface area contributed by atoms with Crippen molar-refractivity contribution in [2.45, 2.75) is 24.8 Å². The van der Waals surface area contributed by atoms with Crippen LogP contribution in [0.15, 0.2) is 12.1 Å². The van der Waals surface area contributed by atoms with Crippen LogP contribution in [0.4, 0.5) is 5.69 Å². The van der Waals surface area contributed by atoms with Crippen LogP contribution in [0.2, 0.25) is 0 Å². The van der Waals surface area contributed by atoms with E-state index in [-0.39, 0.29) is 16.0 Å². The number of nitro benzene ring substituents is 1. The molecule has 90 valence electrons. The van der Waals surface area contributed by atoms with Gasteiger partial charge in [0.15, 0.2) is 5.75 Å². The van der Waals surface area contributed by atoms with Crippen molar-refractivity contribution in [1.29, 1.82) is 0 Å². The lowest BCUT2D eigenvalue weighted by Gasteiger charge is -2.26. The fourth-order valence-electron chi connectivity index (χ4n) is 2.69. The third kappa shape index (κ3) is 1.50. The Morgan fingerprint density at radius 2 is 2.24 bits per heavy atom. The maximum atomic E-state index is 10.9. The molecule has 0 unspecified atom stereocenters. The monoisotopic (exact) mass is 234 g/mol. The van der Waals surface area contributed by atoms with Gasteiger partial charge in [-0.15, -0.1) is 0 Å². The number of rotatable bonds is 2. The van der Waals surface area contributed by atoms with Crippen molar-refractivity contribution in [3.63, 3.8) is 0 Å². The normalized spacial score (nSPS) is 19.8. The van der Waals surface area contributed by atoms with Crippen LogP contribution in [0.3, 0.4) is 0 Å². The molecule has 1 spiro atoms. The van der Waals surface area contributed by atoms with Gasteiger partial charge in [0, 0.05) is 24.6 Å². The van der Waals surface area contributed by atoms with Crippen molar-refractivity contribution >= 4 is 5.69 Å². The van der Waals surface area contributed by atoms with Gasteiger partial charge in [0.2, 0.25) is 0 Å². The summed E-state index contributed by atoms with van der Waals surface area (Å²) in [4.78, 5) is 10.6. The first-order chi connectivity index (χ1) is 8.16. The molecule has 0 amide bonds. The Balaban J connectivity index is 2.16. The van der Waals surface area contributed by atoms with Gasteiger partial charge in [0.1, 0.15) is 0 Å². The average molecular weight is 234 g/mol. The molecule has 1 N–H and O–H groups in total. The Bertz CT molecular complexity index is 495. The molecule has 1 aliphatic heterocycles. The SMILES string of the molecule is COc1cc2c(cc1[N+](=O)[O-])CNCC21CC1. The molecule has 5 heteroatoms. The van der Waals surface area contributed by atoms with E-state index in [4.69, 9.17) is 4.74 Å². The summed E-state index contributed by atoms with van der Waals surface area (Å²) in [5.74, 6) is 0.377. The van der Waals surface area contributed by atoms with E-state index in [2.05, 4.69) is 5.32 Å². The Labute approximate surface area is 98.9 Å². The van der Waals surface area contributed by atoms with E-state index in [1.165, 1.54) is 12.7 Å². The van der Waals surface area contributed by atoms with Crippen molar-refractivity contribution < 1.29 is 9.66 Å². The van der Waals surface area contributed by atoms with E-state index in [1.807, 2.05) is 6.07 Å². The number of fused-ring (bicyclic) bond motifs is 2. The predicted molar refractivity (Wildman–Crippen MR) is 62.3 cm³/mol. The van der Waals surface area contributed by atoms with E-state index >= 15 is 0 Å². The van der Waals surface area contributed by atoms with Crippen molar-refractivity contribution in [1.82, 2.24) is 5.32 Å². The van der Waals surface area contributed by atoms with Crippen molar-refractivity contribution in [2.75, 3.05) is 13.7 Å². The van der Waals surface area contributed by atoms with Crippen LogP contribution in [-0.4, -0.2) is 18.6 Å². The first-order valence-electron chi connectivity index (χ1n) is 5.73. The highest BCUT2D eigenvalue weighted by atomic mass is 16.6. The molecule has 3 rings (SSSR count). The highest BCUT2D eigenvalue weighted by Crippen LogP contribution is 2.52. The van der Waals surface area contributed by atoms with E-state index < -0.39 is 0 Å². The molecular weight excluding hydrogens is 220 g/mol. The van der Waals surface area contributed by atoms with Crippen LogP contribution >= 0.6 is 0 Å². The van der Waals surface area contributed by atoms with Gasteiger partial charge in [-0.25, -0.2) is 0 Å². The molecule has 1 saturated carbocycles. The number of methoxy groups -OCH3 is 1. The zero-order chi connectivity index (χ0) is 12.0. The molecule has 1 aliphatic carbocycles. The van der Waals surface area contributed by atoms with Gasteiger partial charge in [-0.05, 0) is 30.0 Å². The van der Waals surface area contributed by atoms with Crippen molar-refractivity contribution in [2.24, 2.45) is 0 Å². The van der Waals surface area contributed by atoms with Crippen LogP contribution in [0.25, 0.3) is 0 Å². The van der Waals surface area contributed by atoms with E-state index in [0.717, 1.165) is 24.9 Å². The van der Waals surface area contributed by atoms with Gasteiger partial charge in [-0.1, -0.05) is 0 Å². The molecular formula is C12H14N2O3. The van der Waals surface area contributed by atoms with Crippen LogP contribution in [0.5, 0.6) is 5.75 Å². The third-order valence-corrected chi connectivity index (χ3v) is 3.81. The quantitative estimate of drug-likeness (QED) is 0.625. The highest BCUT2D eigenvalue weighted by Gasteiger charge is 2.47. The molecule has 0 radical (unpaired) electrons. The Morgan fingerprint density at radius 1 is 1.47 bits per heavy atom. The van der Waals surface area contributed by atoms with E-state index in [1.54, 1.807) is 6.07 Å². The van der Waals surface area contributed by atoms with Crippen LogP contribution in [0, 0.1) is 10.1 Å². The van der Waals surface area contributed by atoms with Gasteiger partial charge in [-0.2, -0.15) is 0 Å². The summed E-state index contributed by atoms with van der Waals surface area (Å²) in [7, 11) is 1.48. The molecule has 1 aromatic rings. The van der Waals surface area contributed by atoms with Gasteiger partial charge in [-0.3, -0.25) is 10.1 Å². The summed E-state index contributed by atoms with van der Waals surface area (Å²) < 4.78 is 5.13. The molecule has 0 bridgehead atoms. The summed E-state index contributed by atoms with van der Waals surface area (Å²) in [6.45, 7) is 1.68. The topological polar surface area (TPSA) is 64.4 Å². The lowest BCUT2D eigenvalue weighted by atomic mass is 9.87. The number of nitrogens with zero attached hydrogens (tertiary/aromatic N) is 1. The Hall–Kier alpha value is -1.62. The Kier molecular flexibility index (Phi) is 2.13. The molecule has 1 heterocycles. The number of nitro groups is 1. The lowest BCUT2D eigenvalue weighted by Crippen LogP contribution is -2.33. The summed E-state index contributed by atoms with van der Waals surface area (Å²) in [6, 6.07) is 3.52. The number of ether oxygens (including phenoxy) is 1. The zero-order valence-electron chi connectivity index (χ0n) is 9.66. The fraction of sp³-hybridized carbons (Fsp3) is 0.500. The molecule has 17 heavy (non-hydrogen) atoms. The maximum absolute atomic E-state index is 10.9. The summed E-state index contributed by atoms with van der Waals surface area (Å²) >= 11 is 0.